The first-order valence-electron chi connectivity index (χ1n) is 4.33. The van der Waals surface area contributed by atoms with Crippen LogP contribution in [0.5, 0.6) is 0 Å². The second kappa shape index (κ2) is 2.90. The summed E-state index contributed by atoms with van der Waals surface area (Å²) in [5, 5.41) is 28.8. The zero-order valence-corrected chi connectivity index (χ0v) is 7.38. The Hall–Kier alpha value is -0.200. The molecule has 5 heteroatoms. The van der Waals surface area contributed by atoms with E-state index in [4.69, 9.17) is 9.47 Å². The number of aliphatic hydroxyl groups is 3. The number of hydrogen-bond acceptors (Lipinski definition) is 5. The maximum atomic E-state index is 9.95. The molecule has 1 saturated carbocycles. The van der Waals surface area contributed by atoms with Gasteiger partial charge in [0.25, 0.3) is 0 Å². The number of rotatable bonds is 1. The van der Waals surface area contributed by atoms with Gasteiger partial charge >= 0.3 is 0 Å². The minimum atomic E-state index is -1.14. The molecule has 1 aliphatic carbocycles. The van der Waals surface area contributed by atoms with E-state index in [1.165, 1.54) is 7.11 Å². The third-order valence-corrected chi connectivity index (χ3v) is 2.84. The maximum absolute atomic E-state index is 9.95. The summed E-state index contributed by atoms with van der Waals surface area (Å²) in [6.07, 6.45) is -2.67. The zero-order valence-electron chi connectivity index (χ0n) is 7.38. The van der Waals surface area contributed by atoms with Gasteiger partial charge < -0.3 is 24.8 Å². The minimum Gasteiger partial charge on any atom is -0.390 e. The molecule has 2 rings (SSSR count). The highest BCUT2D eigenvalue weighted by Gasteiger charge is 2.56. The van der Waals surface area contributed by atoms with Gasteiger partial charge in [-0.25, -0.2) is 0 Å². The largest absolute Gasteiger partial charge is 0.390 e. The first kappa shape index (κ1) is 9.36. The lowest BCUT2D eigenvalue weighted by Gasteiger charge is -2.33. The molecule has 0 spiro atoms. The number of fused-ring (bicyclic) bond motifs is 2. The molecule has 0 aromatic heterocycles. The van der Waals surface area contributed by atoms with Gasteiger partial charge in [0, 0.05) is 20.0 Å². The van der Waals surface area contributed by atoms with E-state index in [1.54, 1.807) is 0 Å². The van der Waals surface area contributed by atoms with Crippen molar-refractivity contribution in [1.82, 2.24) is 0 Å². The molecule has 0 aromatic rings. The van der Waals surface area contributed by atoms with Gasteiger partial charge in [0.15, 0.2) is 6.29 Å². The molecule has 1 unspecified atom stereocenters. The first-order chi connectivity index (χ1) is 6.07. The van der Waals surface area contributed by atoms with Crippen LogP contribution in [0.25, 0.3) is 0 Å². The molecule has 2 bridgehead atoms. The molecule has 1 heterocycles. The lowest BCUT2D eigenvalue weighted by atomic mass is 9.82. The lowest BCUT2D eigenvalue weighted by Crippen LogP contribution is -2.49. The molecule has 2 aliphatic rings. The summed E-state index contributed by atoms with van der Waals surface area (Å²) >= 11 is 0. The van der Waals surface area contributed by atoms with Gasteiger partial charge in [-0.2, -0.15) is 0 Å². The fourth-order valence-corrected chi connectivity index (χ4v) is 2.16. The Morgan fingerprint density at radius 3 is 2.69 bits per heavy atom. The van der Waals surface area contributed by atoms with Crippen molar-refractivity contribution >= 4 is 0 Å². The highest BCUT2D eigenvalue weighted by Crippen LogP contribution is 2.41. The fourth-order valence-electron chi connectivity index (χ4n) is 2.16. The summed E-state index contributed by atoms with van der Waals surface area (Å²) < 4.78 is 10.2. The summed E-state index contributed by atoms with van der Waals surface area (Å²) in [6.45, 7) is 0. The van der Waals surface area contributed by atoms with Crippen LogP contribution in [0.4, 0.5) is 0 Å². The quantitative estimate of drug-likeness (QED) is 0.474. The Balaban J connectivity index is 2.19. The van der Waals surface area contributed by atoms with Crippen LogP contribution in [0.3, 0.4) is 0 Å². The maximum Gasteiger partial charge on any atom is 0.186 e. The van der Waals surface area contributed by atoms with Crippen LogP contribution in [0.2, 0.25) is 0 Å². The van der Waals surface area contributed by atoms with Crippen LogP contribution >= 0.6 is 0 Å². The van der Waals surface area contributed by atoms with Crippen LogP contribution < -0.4 is 0 Å². The van der Waals surface area contributed by atoms with Crippen LogP contribution in [-0.4, -0.2) is 52.6 Å². The van der Waals surface area contributed by atoms with E-state index in [0.29, 0.717) is 6.42 Å². The third kappa shape index (κ3) is 1.28. The summed E-state index contributed by atoms with van der Waals surface area (Å²) in [4.78, 5) is 0. The molecular formula is C8H14O5. The van der Waals surface area contributed by atoms with Crippen LogP contribution in [0.15, 0.2) is 0 Å². The van der Waals surface area contributed by atoms with E-state index in [0.717, 1.165) is 0 Å². The Kier molecular flexibility index (Phi) is 2.08. The predicted octanol–water partition coefficient (Wildman–Crippen LogP) is -1.40. The van der Waals surface area contributed by atoms with Gasteiger partial charge in [0.2, 0.25) is 0 Å². The van der Waals surface area contributed by atoms with E-state index in [2.05, 4.69) is 0 Å². The van der Waals surface area contributed by atoms with Crippen molar-refractivity contribution < 1.29 is 24.8 Å². The van der Waals surface area contributed by atoms with Gasteiger partial charge in [-0.3, -0.25) is 0 Å². The van der Waals surface area contributed by atoms with Gasteiger partial charge in [-0.05, 0) is 0 Å². The van der Waals surface area contributed by atoms with Crippen molar-refractivity contribution in [3.63, 3.8) is 0 Å². The number of ether oxygens (including phenoxy) is 2. The SMILES string of the molecule is CO[C@@H]1O[C@@H]2CC1(O)C[C@@H](O)[C@H]2O. The van der Waals surface area contributed by atoms with Crippen LogP contribution in [0.1, 0.15) is 12.8 Å². The van der Waals surface area contributed by atoms with Crippen molar-refractivity contribution in [3.05, 3.63) is 0 Å². The number of methoxy groups -OCH3 is 1. The van der Waals surface area contributed by atoms with Crippen LogP contribution in [0, 0.1) is 0 Å². The fraction of sp³-hybridized carbons (Fsp3) is 1.00. The van der Waals surface area contributed by atoms with E-state index in [1.807, 2.05) is 0 Å². The Morgan fingerprint density at radius 1 is 1.38 bits per heavy atom. The second-order valence-electron chi connectivity index (χ2n) is 3.81. The Morgan fingerprint density at radius 2 is 2.08 bits per heavy atom. The average Bonchev–Trinajstić information content (AvgIpc) is 2.36. The molecule has 1 saturated heterocycles. The van der Waals surface area contributed by atoms with Gasteiger partial charge in [0.05, 0.1) is 12.2 Å². The lowest BCUT2D eigenvalue weighted by molar-refractivity contribution is -0.184. The predicted molar refractivity (Wildman–Crippen MR) is 41.9 cm³/mol. The van der Waals surface area contributed by atoms with Crippen LogP contribution in [-0.2, 0) is 9.47 Å². The highest BCUT2D eigenvalue weighted by atomic mass is 16.7. The Labute approximate surface area is 75.9 Å². The molecule has 1 aliphatic heterocycles. The molecular weight excluding hydrogens is 176 g/mol. The van der Waals surface area contributed by atoms with Crippen molar-refractivity contribution in [2.45, 2.75) is 43.0 Å². The highest BCUT2D eigenvalue weighted by molar-refractivity contribution is 5.03. The van der Waals surface area contributed by atoms with E-state index in [-0.39, 0.29) is 6.42 Å². The first-order valence-corrected chi connectivity index (χ1v) is 4.33. The molecule has 3 N–H and O–H groups in total. The van der Waals surface area contributed by atoms with E-state index >= 15 is 0 Å². The molecule has 13 heavy (non-hydrogen) atoms. The topological polar surface area (TPSA) is 79.2 Å². The van der Waals surface area contributed by atoms with Gasteiger partial charge in [-0.1, -0.05) is 0 Å². The normalized spacial score (nSPS) is 55.4. The molecule has 76 valence electrons. The molecule has 5 atom stereocenters. The summed E-state index contributed by atoms with van der Waals surface area (Å²) in [5.74, 6) is 0. The van der Waals surface area contributed by atoms with E-state index in [9.17, 15) is 15.3 Å². The molecule has 2 fully saturated rings. The standard InChI is InChI=1S/C8H14O5/c1-12-7-8(11)2-4(9)6(10)5(3-8)13-7/h4-7,9-11H,2-3H2,1H3/t4-,5-,6-,7-,8?/m1/s1. The summed E-state index contributed by atoms with van der Waals surface area (Å²) in [7, 11) is 1.43. The molecule has 0 aromatic carbocycles. The minimum absolute atomic E-state index is 0.100. The van der Waals surface area contributed by atoms with E-state index < -0.39 is 30.2 Å². The smallest absolute Gasteiger partial charge is 0.186 e. The third-order valence-electron chi connectivity index (χ3n) is 2.84. The van der Waals surface area contributed by atoms with Crippen molar-refractivity contribution in [3.8, 4) is 0 Å². The summed E-state index contributed by atoms with van der Waals surface area (Å²) in [5.41, 5.74) is -1.14. The van der Waals surface area contributed by atoms with Crippen molar-refractivity contribution in [2.24, 2.45) is 0 Å². The van der Waals surface area contributed by atoms with Crippen molar-refractivity contribution in [1.29, 1.82) is 0 Å². The molecule has 0 radical (unpaired) electrons. The number of aliphatic hydroxyl groups excluding tert-OH is 2. The Bertz CT molecular complexity index is 209. The molecule has 0 amide bonds. The van der Waals surface area contributed by atoms with Gasteiger partial charge in [-0.15, -0.1) is 0 Å². The molecule has 5 nitrogen and oxygen atoms in total. The van der Waals surface area contributed by atoms with Crippen molar-refractivity contribution in [2.75, 3.05) is 7.11 Å². The average molecular weight is 190 g/mol. The number of hydrogen-bond donors (Lipinski definition) is 3. The summed E-state index contributed by atoms with van der Waals surface area (Å²) in [6, 6.07) is 0. The zero-order chi connectivity index (χ0) is 9.64. The monoisotopic (exact) mass is 190 g/mol. The second-order valence-corrected chi connectivity index (χ2v) is 3.81. The van der Waals surface area contributed by atoms with Gasteiger partial charge in [0.1, 0.15) is 11.7 Å².